The molecule has 1 aliphatic rings. The van der Waals surface area contributed by atoms with Crippen LogP contribution in [-0.4, -0.2) is 25.1 Å². The highest BCUT2D eigenvalue weighted by atomic mass is 19.1. The first-order valence-corrected chi connectivity index (χ1v) is 6.06. The predicted octanol–water partition coefficient (Wildman–Crippen LogP) is 1.06. The van der Waals surface area contributed by atoms with Gasteiger partial charge in [0.2, 0.25) is 0 Å². The van der Waals surface area contributed by atoms with Crippen molar-refractivity contribution in [3.63, 3.8) is 0 Å². The van der Waals surface area contributed by atoms with Gasteiger partial charge in [-0.05, 0) is 30.9 Å². The highest BCUT2D eigenvalue weighted by Crippen LogP contribution is 2.31. The van der Waals surface area contributed by atoms with Crippen LogP contribution >= 0.6 is 0 Å². The van der Waals surface area contributed by atoms with Crippen molar-refractivity contribution in [3.8, 4) is 5.75 Å². The molecular formula is C13H17FN2O2. The number of carbonyl (C=O) groups excluding carboxylic acids is 1. The molecule has 5 heteroatoms. The van der Waals surface area contributed by atoms with Gasteiger partial charge in [0.05, 0.1) is 0 Å². The maximum Gasteiger partial charge on any atom is 0.257 e. The normalized spacial score (nSPS) is 16.1. The van der Waals surface area contributed by atoms with Gasteiger partial charge in [-0.2, -0.15) is 0 Å². The Bertz CT molecular complexity index is 421. The van der Waals surface area contributed by atoms with Crippen LogP contribution < -0.4 is 15.8 Å². The molecule has 0 spiro atoms. The van der Waals surface area contributed by atoms with E-state index in [4.69, 9.17) is 10.5 Å². The summed E-state index contributed by atoms with van der Waals surface area (Å²) < 4.78 is 18.3. The molecule has 1 fully saturated rings. The molecule has 1 amide bonds. The molecule has 98 valence electrons. The molecule has 1 aromatic carbocycles. The van der Waals surface area contributed by atoms with Crippen LogP contribution in [0.3, 0.4) is 0 Å². The topological polar surface area (TPSA) is 64.3 Å². The van der Waals surface area contributed by atoms with E-state index in [2.05, 4.69) is 5.32 Å². The summed E-state index contributed by atoms with van der Waals surface area (Å²) in [7, 11) is 0. The molecule has 1 aliphatic carbocycles. The predicted molar refractivity (Wildman–Crippen MR) is 65.6 cm³/mol. The number of carbonyl (C=O) groups is 1. The summed E-state index contributed by atoms with van der Waals surface area (Å²) in [6.07, 6.45) is 2.28. The lowest BCUT2D eigenvalue weighted by molar-refractivity contribution is -0.123. The van der Waals surface area contributed by atoms with Crippen molar-refractivity contribution in [1.82, 2.24) is 5.32 Å². The molecule has 0 radical (unpaired) electrons. The molecule has 0 aliphatic heterocycles. The molecule has 1 saturated carbocycles. The van der Waals surface area contributed by atoms with Crippen LogP contribution in [0.15, 0.2) is 24.3 Å². The smallest absolute Gasteiger partial charge is 0.257 e. The minimum absolute atomic E-state index is 0.0161. The average Bonchev–Trinajstić information content (AvgIpc) is 3.19. The monoisotopic (exact) mass is 252 g/mol. The van der Waals surface area contributed by atoms with Crippen LogP contribution in [0.2, 0.25) is 0 Å². The number of amides is 1. The van der Waals surface area contributed by atoms with Gasteiger partial charge in [-0.1, -0.05) is 12.1 Å². The third-order valence-corrected chi connectivity index (χ3v) is 2.96. The number of benzene rings is 1. The Balaban J connectivity index is 1.69. The number of hydrogen-bond donors (Lipinski definition) is 2. The van der Waals surface area contributed by atoms with Crippen molar-refractivity contribution >= 4 is 5.91 Å². The third-order valence-electron chi connectivity index (χ3n) is 2.96. The summed E-state index contributed by atoms with van der Waals surface area (Å²) >= 11 is 0. The standard InChI is InChI=1S/C13H17FN2O2/c14-10-3-1-2-4-12(10)18-8-13(17)16-7-11(15)9-5-6-9/h1-4,9,11H,5-8,15H2,(H,16,17). The van der Waals surface area contributed by atoms with E-state index in [-0.39, 0.29) is 24.3 Å². The van der Waals surface area contributed by atoms with E-state index in [9.17, 15) is 9.18 Å². The lowest BCUT2D eigenvalue weighted by atomic mass is 10.2. The maximum atomic E-state index is 13.2. The Morgan fingerprint density at radius 1 is 1.50 bits per heavy atom. The molecule has 2 rings (SSSR count). The van der Waals surface area contributed by atoms with Crippen molar-refractivity contribution in [2.75, 3.05) is 13.2 Å². The van der Waals surface area contributed by atoms with Crippen LogP contribution in [0.4, 0.5) is 4.39 Å². The Morgan fingerprint density at radius 2 is 2.22 bits per heavy atom. The number of para-hydroxylation sites is 1. The van der Waals surface area contributed by atoms with Gasteiger partial charge in [0.15, 0.2) is 18.2 Å². The van der Waals surface area contributed by atoms with Crippen molar-refractivity contribution in [2.24, 2.45) is 11.7 Å². The molecule has 0 saturated heterocycles. The first kappa shape index (κ1) is 12.8. The first-order valence-electron chi connectivity index (χ1n) is 6.06. The lowest BCUT2D eigenvalue weighted by Crippen LogP contribution is -2.40. The van der Waals surface area contributed by atoms with Crippen molar-refractivity contribution in [1.29, 1.82) is 0 Å². The molecule has 1 unspecified atom stereocenters. The summed E-state index contributed by atoms with van der Waals surface area (Å²) in [6.45, 7) is 0.252. The second-order valence-electron chi connectivity index (χ2n) is 4.52. The number of ether oxygens (including phenoxy) is 1. The number of hydrogen-bond acceptors (Lipinski definition) is 3. The van der Waals surface area contributed by atoms with Crippen LogP contribution in [-0.2, 0) is 4.79 Å². The average molecular weight is 252 g/mol. The highest BCUT2D eigenvalue weighted by Gasteiger charge is 2.28. The van der Waals surface area contributed by atoms with E-state index < -0.39 is 5.82 Å². The second kappa shape index (κ2) is 5.82. The fourth-order valence-corrected chi connectivity index (χ4v) is 1.68. The van der Waals surface area contributed by atoms with Gasteiger partial charge >= 0.3 is 0 Å². The summed E-state index contributed by atoms with van der Waals surface area (Å²) in [6, 6.07) is 6.01. The van der Waals surface area contributed by atoms with Gasteiger partial charge in [-0.15, -0.1) is 0 Å². The zero-order chi connectivity index (χ0) is 13.0. The summed E-state index contributed by atoms with van der Waals surface area (Å²) in [5.41, 5.74) is 5.84. The van der Waals surface area contributed by atoms with Crippen LogP contribution in [0.5, 0.6) is 5.75 Å². The van der Waals surface area contributed by atoms with E-state index in [1.54, 1.807) is 12.1 Å². The summed E-state index contributed by atoms with van der Waals surface area (Å²) in [4.78, 5) is 11.5. The van der Waals surface area contributed by atoms with Crippen LogP contribution in [0.25, 0.3) is 0 Å². The number of nitrogens with two attached hydrogens (primary N) is 1. The van der Waals surface area contributed by atoms with Gasteiger partial charge in [-0.3, -0.25) is 4.79 Å². The quantitative estimate of drug-likeness (QED) is 0.795. The number of rotatable bonds is 6. The molecule has 0 bridgehead atoms. The molecule has 4 nitrogen and oxygen atoms in total. The third kappa shape index (κ3) is 3.70. The van der Waals surface area contributed by atoms with Gasteiger partial charge in [-0.25, -0.2) is 4.39 Å². The molecular weight excluding hydrogens is 235 g/mol. The largest absolute Gasteiger partial charge is 0.481 e. The van der Waals surface area contributed by atoms with Gasteiger partial charge in [0.1, 0.15) is 0 Å². The van der Waals surface area contributed by atoms with Gasteiger partial charge < -0.3 is 15.8 Å². The van der Waals surface area contributed by atoms with E-state index in [1.807, 2.05) is 0 Å². The highest BCUT2D eigenvalue weighted by molar-refractivity contribution is 5.77. The number of nitrogens with one attached hydrogen (secondary N) is 1. The van der Waals surface area contributed by atoms with Crippen LogP contribution in [0, 0.1) is 11.7 Å². The zero-order valence-corrected chi connectivity index (χ0v) is 10.1. The summed E-state index contributed by atoms with van der Waals surface area (Å²) in [5, 5.41) is 2.68. The van der Waals surface area contributed by atoms with E-state index in [1.165, 1.54) is 12.1 Å². The Labute approximate surface area is 105 Å². The maximum absolute atomic E-state index is 13.2. The molecule has 3 N–H and O–H groups in total. The minimum atomic E-state index is -0.472. The fraction of sp³-hybridized carbons (Fsp3) is 0.462. The molecule has 1 aromatic rings. The molecule has 18 heavy (non-hydrogen) atoms. The minimum Gasteiger partial charge on any atom is -0.481 e. The van der Waals surface area contributed by atoms with Crippen molar-refractivity contribution < 1.29 is 13.9 Å². The summed E-state index contributed by atoms with van der Waals surface area (Å²) in [5.74, 6) is -0.133. The number of halogens is 1. The SMILES string of the molecule is NC(CNC(=O)COc1ccccc1F)C1CC1. The van der Waals surface area contributed by atoms with Crippen molar-refractivity contribution in [2.45, 2.75) is 18.9 Å². The second-order valence-corrected chi connectivity index (χ2v) is 4.52. The van der Waals surface area contributed by atoms with Crippen LogP contribution in [0.1, 0.15) is 12.8 Å². The lowest BCUT2D eigenvalue weighted by Gasteiger charge is -2.12. The van der Waals surface area contributed by atoms with E-state index in [0.29, 0.717) is 12.5 Å². The Hall–Kier alpha value is -1.62. The van der Waals surface area contributed by atoms with E-state index >= 15 is 0 Å². The Kier molecular flexibility index (Phi) is 4.15. The molecule has 0 heterocycles. The van der Waals surface area contributed by atoms with Gasteiger partial charge in [0.25, 0.3) is 5.91 Å². The Morgan fingerprint density at radius 3 is 2.89 bits per heavy atom. The molecule has 0 aromatic heterocycles. The van der Waals surface area contributed by atoms with Gasteiger partial charge in [0, 0.05) is 12.6 Å². The van der Waals surface area contributed by atoms with Crippen molar-refractivity contribution in [3.05, 3.63) is 30.1 Å². The zero-order valence-electron chi connectivity index (χ0n) is 10.1. The molecule has 1 atom stereocenters. The fourth-order valence-electron chi connectivity index (χ4n) is 1.68. The first-order chi connectivity index (χ1) is 8.66. The van der Waals surface area contributed by atoms with E-state index in [0.717, 1.165) is 12.8 Å².